The van der Waals surface area contributed by atoms with Gasteiger partial charge in [-0.15, -0.1) is 0 Å². The highest BCUT2D eigenvalue weighted by molar-refractivity contribution is 5.69. The summed E-state index contributed by atoms with van der Waals surface area (Å²) >= 11 is 0. The molecule has 0 aromatic carbocycles. The molecule has 0 aliphatic rings. The highest BCUT2D eigenvalue weighted by Gasteiger charge is 2.08. The van der Waals surface area contributed by atoms with Gasteiger partial charge in [-0.05, 0) is 26.2 Å². The number of esters is 1. The molecule has 0 bridgehead atoms. The van der Waals surface area contributed by atoms with Gasteiger partial charge in [0.05, 0.1) is 6.10 Å². The van der Waals surface area contributed by atoms with Crippen LogP contribution in [-0.4, -0.2) is 12.1 Å². The van der Waals surface area contributed by atoms with Crippen molar-refractivity contribution in [2.75, 3.05) is 0 Å². The summed E-state index contributed by atoms with van der Waals surface area (Å²) in [6.45, 7) is 6.48. The zero-order chi connectivity index (χ0) is 15.1. The van der Waals surface area contributed by atoms with Gasteiger partial charge < -0.3 is 4.74 Å². The van der Waals surface area contributed by atoms with E-state index >= 15 is 0 Å². The molecule has 0 amide bonds. The minimum Gasteiger partial charge on any atom is -0.463 e. The average Bonchev–Trinajstić information content (AvgIpc) is 2.42. The van der Waals surface area contributed by atoms with Gasteiger partial charge >= 0.3 is 5.97 Å². The molecule has 0 N–H and O–H groups in total. The molecule has 1 atom stereocenters. The summed E-state index contributed by atoms with van der Waals surface area (Å²) in [5.41, 5.74) is 0. The van der Waals surface area contributed by atoms with Crippen molar-refractivity contribution in [2.45, 2.75) is 110 Å². The minimum absolute atomic E-state index is 0.0000172. The molecule has 0 aromatic heterocycles. The maximum atomic E-state index is 11.6. The number of rotatable bonds is 14. The molecule has 0 rings (SSSR count). The van der Waals surface area contributed by atoms with E-state index in [0.29, 0.717) is 6.42 Å². The standard InChI is InChI=1S/C18H36O2/c1-4-6-8-10-12-13-15-17(3)20-18(19)16-14-11-9-7-5-2/h17H,4-16H2,1-3H3. The van der Waals surface area contributed by atoms with Crippen molar-refractivity contribution < 1.29 is 9.53 Å². The molecule has 0 aromatic rings. The minimum atomic E-state index is -0.0000172. The summed E-state index contributed by atoms with van der Waals surface area (Å²) in [5.74, 6) is -0.0000172. The molecule has 120 valence electrons. The third kappa shape index (κ3) is 13.9. The first-order chi connectivity index (χ1) is 9.70. The van der Waals surface area contributed by atoms with Gasteiger partial charge in [-0.2, -0.15) is 0 Å². The van der Waals surface area contributed by atoms with Gasteiger partial charge in [0, 0.05) is 6.42 Å². The lowest BCUT2D eigenvalue weighted by Crippen LogP contribution is -2.14. The molecular weight excluding hydrogens is 248 g/mol. The predicted molar refractivity (Wildman–Crippen MR) is 86.9 cm³/mol. The Kier molecular flexibility index (Phi) is 14.5. The highest BCUT2D eigenvalue weighted by Crippen LogP contribution is 2.12. The average molecular weight is 284 g/mol. The van der Waals surface area contributed by atoms with Crippen LogP contribution in [0.25, 0.3) is 0 Å². The molecule has 0 radical (unpaired) electrons. The third-order valence-corrected chi connectivity index (χ3v) is 3.78. The first-order valence-electron chi connectivity index (χ1n) is 8.90. The summed E-state index contributed by atoms with van der Waals surface area (Å²) < 4.78 is 5.45. The molecule has 0 heterocycles. The fraction of sp³-hybridized carbons (Fsp3) is 0.944. The molecule has 0 spiro atoms. The molecular formula is C18H36O2. The number of hydrogen-bond donors (Lipinski definition) is 0. The van der Waals surface area contributed by atoms with E-state index in [4.69, 9.17) is 4.74 Å². The number of unbranched alkanes of at least 4 members (excludes halogenated alkanes) is 9. The van der Waals surface area contributed by atoms with Crippen LogP contribution in [0.2, 0.25) is 0 Å². The largest absolute Gasteiger partial charge is 0.463 e. The van der Waals surface area contributed by atoms with Gasteiger partial charge in [0.15, 0.2) is 0 Å². The van der Waals surface area contributed by atoms with Crippen molar-refractivity contribution in [1.29, 1.82) is 0 Å². The smallest absolute Gasteiger partial charge is 0.306 e. The van der Waals surface area contributed by atoms with Crippen molar-refractivity contribution in [3.05, 3.63) is 0 Å². The lowest BCUT2D eigenvalue weighted by Gasteiger charge is -2.13. The quantitative estimate of drug-likeness (QED) is 0.287. The van der Waals surface area contributed by atoms with Crippen molar-refractivity contribution in [3.8, 4) is 0 Å². The predicted octanol–water partition coefficient (Wildman–Crippen LogP) is 6.03. The molecule has 2 nitrogen and oxygen atoms in total. The van der Waals surface area contributed by atoms with Gasteiger partial charge in [-0.3, -0.25) is 4.79 Å². The van der Waals surface area contributed by atoms with E-state index in [1.54, 1.807) is 0 Å². The Morgan fingerprint density at radius 1 is 0.800 bits per heavy atom. The Bertz CT molecular complexity index is 213. The van der Waals surface area contributed by atoms with Crippen molar-refractivity contribution in [1.82, 2.24) is 0 Å². The van der Waals surface area contributed by atoms with Crippen LogP contribution in [0.15, 0.2) is 0 Å². The first kappa shape index (κ1) is 19.5. The summed E-state index contributed by atoms with van der Waals surface area (Å²) in [4.78, 5) is 11.6. The summed E-state index contributed by atoms with van der Waals surface area (Å²) in [6.07, 6.45) is 15.4. The molecule has 0 saturated heterocycles. The molecule has 0 aliphatic carbocycles. The Balaban J connectivity index is 3.36. The van der Waals surface area contributed by atoms with E-state index in [2.05, 4.69) is 13.8 Å². The van der Waals surface area contributed by atoms with Crippen LogP contribution < -0.4 is 0 Å². The van der Waals surface area contributed by atoms with E-state index in [-0.39, 0.29) is 12.1 Å². The van der Waals surface area contributed by atoms with E-state index < -0.39 is 0 Å². The van der Waals surface area contributed by atoms with Crippen LogP contribution in [-0.2, 0) is 9.53 Å². The Hall–Kier alpha value is -0.530. The van der Waals surface area contributed by atoms with Crippen molar-refractivity contribution >= 4 is 5.97 Å². The summed E-state index contributed by atoms with van der Waals surface area (Å²) in [7, 11) is 0. The first-order valence-corrected chi connectivity index (χ1v) is 8.90. The SMILES string of the molecule is CCCCCCCCC(C)OC(=O)CCCCCCC. The zero-order valence-corrected chi connectivity index (χ0v) is 14.1. The van der Waals surface area contributed by atoms with E-state index in [9.17, 15) is 4.79 Å². The number of carbonyl (C=O) groups is 1. The van der Waals surface area contributed by atoms with Crippen LogP contribution in [0.3, 0.4) is 0 Å². The molecule has 0 aliphatic heterocycles. The summed E-state index contributed by atoms with van der Waals surface area (Å²) in [5, 5.41) is 0. The van der Waals surface area contributed by atoms with Crippen molar-refractivity contribution in [3.63, 3.8) is 0 Å². The van der Waals surface area contributed by atoms with Crippen LogP contribution in [0.4, 0.5) is 0 Å². The molecule has 0 saturated carbocycles. The topological polar surface area (TPSA) is 26.3 Å². The fourth-order valence-corrected chi connectivity index (χ4v) is 2.43. The molecule has 20 heavy (non-hydrogen) atoms. The second kappa shape index (κ2) is 14.9. The third-order valence-electron chi connectivity index (χ3n) is 3.78. The Morgan fingerprint density at radius 2 is 1.30 bits per heavy atom. The molecule has 2 heteroatoms. The second-order valence-electron chi connectivity index (χ2n) is 6.02. The molecule has 0 fully saturated rings. The van der Waals surface area contributed by atoms with E-state index in [1.165, 1.54) is 57.8 Å². The van der Waals surface area contributed by atoms with Crippen LogP contribution in [0.5, 0.6) is 0 Å². The maximum Gasteiger partial charge on any atom is 0.306 e. The normalized spacial score (nSPS) is 12.3. The van der Waals surface area contributed by atoms with Crippen LogP contribution >= 0.6 is 0 Å². The van der Waals surface area contributed by atoms with E-state index in [1.807, 2.05) is 6.92 Å². The van der Waals surface area contributed by atoms with Crippen molar-refractivity contribution in [2.24, 2.45) is 0 Å². The lowest BCUT2D eigenvalue weighted by atomic mass is 10.1. The number of carbonyl (C=O) groups excluding carboxylic acids is 1. The monoisotopic (exact) mass is 284 g/mol. The Morgan fingerprint density at radius 3 is 1.90 bits per heavy atom. The van der Waals surface area contributed by atoms with Gasteiger partial charge in [0.1, 0.15) is 0 Å². The maximum absolute atomic E-state index is 11.6. The fourth-order valence-electron chi connectivity index (χ4n) is 2.43. The second-order valence-corrected chi connectivity index (χ2v) is 6.02. The lowest BCUT2D eigenvalue weighted by molar-refractivity contribution is -0.148. The van der Waals surface area contributed by atoms with Crippen LogP contribution in [0.1, 0.15) is 104 Å². The van der Waals surface area contributed by atoms with Gasteiger partial charge in [-0.25, -0.2) is 0 Å². The van der Waals surface area contributed by atoms with Crippen LogP contribution in [0, 0.1) is 0 Å². The summed E-state index contributed by atoms with van der Waals surface area (Å²) in [6, 6.07) is 0. The van der Waals surface area contributed by atoms with Gasteiger partial charge in [-0.1, -0.05) is 71.6 Å². The molecule has 1 unspecified atom stereocenters. The number of ether oxygens (including phenoxy) is 1. The number of hydrogen-bond acceptors (Lipinski definition) is 2. The van der Waals surface area contributed by atoms with E-state index in [0.717, 1.165) is 19.3 Å². The Labute approximate surface area is 126 Å². The van der Waals surface area contributed by atoms with Gasteiger partial charge in [0.2, 0.25) is 0 Å². The highest BCUT2D eigenvalue weighted by atomic mass is 16.5. The zero-order valence-electron chi connectivity index (χ0n) is 14.1. The van der Waals surface area contributed by atoms with Gasteiger partial charge in [0.25, 0.3) is 0 Å².